The predicted octanol–water partition coefficient (Wildman–Crippen LogP) is 3.68. The van der Waals surface area contributed by atoms with Gasteiger partial charge < -0.3 is 4.90 Å². The Morgan fingerprint density at radius 2 is 1.82 bits per heavy atom. The molecule has 0 spiro atoms. The number of carbonyl (C=O) groups is 1. The molecule has 1 aromatic carbocycles. The van der Waals surface area contributed by atoms with Crippen LogP contribution in [0.5, 0.6) is 0 Å². The van der Waals surface area contributed by atoms with Crippen LogP contribution < -0.4 is 0 Å². The third kappa shape index (κ3) is 4.49. The Labute approximate surface area is 120 Å². The summed E-state index contributed by atoms with van der Waals surface area (Å²) in [6, 6.07) is 5.64. The Balaban J connectivity index is 2.92. The van der Waals surface area contributed by atoms with Crippen LogP contribution in [-0.4, -0.2) is 35.7 Å². The molecule has 94 valence electrons. The summed E-state index contributed by atoms with van der Waals surface area (Å²) in [6.45, 7) is 2.98. The molecule has 0 radical (unpaired) electrons. The summed E-state index contributed by atoms with van der Waals surface area (Å²) >= 11 is 14.7. The number of alkyl halides is 2. The van der Waals surface area contributed by atoms with E-state index in [1.165, 1.54) is 0 Å². The largest absolute Gasteiger partial charge is 0.336 e. The molecule has 5 heteroatoms. The molecular weight excluding hydrogens is 325 g/mol. The van der Waals surface area contributed by atoms with Crippen LogP contribution in [0.1, 0.15) is 15.9 Å². The van der Waals surface area contributed by atoms with E-state index in [1.807, 2.05) is 25.1 Å². The van der Waals surface area contributed by atoms with Crippen molar-refractivity contribution in [3.63, 3.8) is 0 Å². The molecule has 0 fully saturated rings. The molecule has 0 saturated carbocycles. The van der Waals surface area contributed by atoms with Crippen molar-refractivity contribution >= 4 is 45.0 Å². The Kier molecular flexibility index (Phi) is 6.31. The number of amides is 1. The molecule has 0 aliphatic heterocycles. The molecule has 2 nitrogen and oxygen atoms in total. The average Bonchev–Trinajstić information content (AvgIpc) is 2.26. The van der Waals surface area contributed by atoms with Gasteiger partial charge in [0.15, 0.2) is 0 Å². The lowest BCUT2D eigenvalue weighted by Crippen LogP contribution is -2.34. The van der Waals surface area contributed by atoms with Crippen molar-refractivity contribution in [2.75, 3.05) is 24.8 Å². The Morgan fingerprint density at radius 1 is 1.24 bits per heavy atom. The van der Waals surface area contributed by atoms with Crippen LogP contribution in [0.4, 0.5) is 0 Å². The van der Waals surface area contributed by atoms with Crippen molar-refractivity contribution in [2.24, 2.45) is 0 Å². The number of benzene rings is 1. The molecule has 0 aliphatic rings. The van der Waals surface area contributed by atoms with Crippen molar-refractivity contribution < 1.29 is 4.79 Å². The highest BCUT2D eigenvalue weighted by Crippen LogP contribution is 2.17. The molecule has 0 N–H and O–H groups in total. The lowest BCUT2D eigenvalue weighted by atomic mass is 10.1. The molecule has 1 rings (SSSR count). The Morgan fingerprint density at radius 3 is 2.29 bits per heavy atom. The second-order valence-electron chi connectivity index (χ2n) is 3.69. The lowest BCUT2D eigenvalue weighted by Gasteiger charge is -2.20. The Bertz CT molecular complexity index is 372. The first kappa shape index (κ1) is 14.8. The number of rotatable bonds is 5. The van der Waals surface area contributed by atoms with Crippen LogP contribution in [-0.2, 0) is 0 Å². The zero-order valence-corrected chi connectivity index (χ0v) is 12.6. The number of hydrogen-bond donors (Lipinski definition) is 0. The highest BCUT2D eigenvalue weighted by Gasteiger charge is 2.15. The molecule has 0 heterocycles. The van der Waals surface area contributed by atoms with E-state index in [1.54, 1.807) is 4.90 Å². The summed E-state index contributed by atoms with van der Waals surface area (Å²) in [7, 11) is 0. The van der Waals surface area contributed by atoms with Gasteiger partial charge in [-0.2, -0.15) is 0 Å². The molecule has 1 aromatic rings. The second-order valence-corrected chi connectivity index (χ2v) is 5.36. The van der Waals surface area contributed by atoms with Crippen LogP contribution in [0, 0.1) is 6.92 Å². The van der Waals surface area contributed by atoms with E-state index < -0.39 is 0 Å². The smallest absolute Gasteiger partial charge is 0.253 e. The van der Waals surface area contributed by atoms with Crippen molar-refractivity contribution in [1.29, 1.82) is 0 Å². The van der Waals surface area contributed by atoms with Crippen molar-refractivity contribution in [1.82, 2.24) is 4.90 Å². The van der Waals surface area contributed by atoms with E-state index in [-0.39, 0.29) is 5.91 Å². The molecule has 1 amide bonds. The van der Waals surface area contributed by atoms with Crippen LogP contribution in [0.25, 0.3) is 0 Å². The predicted molar refractivity (Wildman–Crippen MR) is 76.2 cm³/mol. The van der Waals surface area contributed by atoms with E-state index in [2.05, 4.69) is 15.9 Å². The maximum atomic E-state index is 12.2. The summed E-state index contributed by atoms with van der Waals surface area (Å²) in [4.78, 5) is 13.9. The van der Waals surface area contributed by atoms with E-state index >= 15 is 0 Å². The highest BCUT2D eigenvalue weighted by molar-refractivity contribution is 9.10. The SMILES string of the molecule is Cc1cc(Br)cc(C(=O)N(CCCl)CCCl)c1. The van der Waals surface area contributed by atoms with Gasteiger partial charge in [-0.15, -0.1) is 23.2 Å². The van der Waals surface area contributed by atoms with Gasteiger partial charge in [0.2, 0.25) is 0 Å². The van der Waals surface area contributed by atoms with Gasteiger partial charge >= 0.3 is 0 Å². The van der Waals surface area contributed by atoms with Gasteiger partial charge in [0, 0.05) is 34.9 Å². The molecule has 0 saturated heterocycles. The first-order valence-corrected chi connectivity index (χ1v) is 7.13. The summed E-state index contributed by atoms with van der Waals surface area (Å²) in [6.07, 6.45) is 0. The van der Waals surface area contributed by atoms with Gasteiger partial charge in [0.05, 0.1) is 0 Å². The first-order chi connectivity index (χ1) is 8.08. The fourth-order valence-corrected chi connectivity index (χ4v) is 2.58. The number of halogens is 3. The molecule has 17 heavy (non-hydrogen) atoms. The summed E-state index contributed by atoms with van der Waals surface area (Å²) < 4.78 is 0.901. The number of aryl methyl sites for hydroxylation is 1. The number of hydrogen-bond acceptors (Lipinski definition) is 1. The number of carbonyl (C=O) groups excluding carboxylic acids is 1. The maximum absolute atomic E-state index is 12.2. The van der Waals surface area contributed by atoms with Crippen molar-refractivity contribution in [3.05, 3.63) is 33.8 Å². The van der Waals surface area contributed by atoms with Crippen LogP contribution in [0.3, 0.4) is 0 Å². The Hall–Kier alpha value is -0.250. The minimum absolute atomic E-state index is 0.0318. The van der Waals surface area contributed by atoms with E-state index in [9.17, 15) is 4.79 Å². The fourth-order valence-electron chi connectivity index (χ4n) is 1.56. The standard InChI is InChI=1S/C12H14BrCl2NO/c1-9-6-10(8-11(13)7-9)12(17)16(4-2-14)5-3-15/h6-8H,2-5H2,1H3. The fraction of sp³-hybridized carbons (Fsp3) is 0.417. The molecule has 0 atom stereocenters. The lowest BCUT2D eigenvalue weighted by molar-refractivity contribution is 0.0775. The minimum Gasteiger partial charge on any atom is -0.336 e. The summed E-state index contributed by atoms with van der Waals surface area (Å²) in [5.41, 5.74) is 1.70. The molecule has 0 unspecified atom stereocenters. The second kappa shape index (κ2) is 7.24. The van der Waals surface area contributed by atoms with E-state index in [0.29, 0.717) is 30.4 Å². The van der Waals surface area contributed by atoms with Gasteiger partial charge in [-0.3, -0.25) is 4.79 Å². The molecule has 0 bridgehead atoms. The first-order valence-electron chi connectivity index (χ1n) is 5.27. The van der Waals surface area contributed by atoms with Crippen molar-refractivity contribution in [2.45, 2.75) is 6.92 Å². The van der Waals surface area contributed by atoms with Gasteiger partial charge in [-0.1, -0.05) is 15.9 Å². The topological polar surface area (TPSA) is 20.3 Å². The molecular formula is C12H14BrCl2NO. The van der Waals surface area contributed by atoms with Gasteiger partial charge in [-0.25, -0.2) is 0 Å². The quantitative estimate of drug-likeness (QED) is 0.750. The van der Waals surface area contributed by atoms with Crippen molar-refractivity contribution in [3.8, 4) is 0 Å². The zero-order valence-electron chi connectivity index (χ0n) is 9.55. The molecule has 0 aromatic heterocycles. The monoisotopic (exact) mass is 337 g/mol. The minimum atomic E-state index is -0.0318. The number of nitrogens with zero attached hydrogens (tertiary/aromatic N) is 1. The van der Waals surface area contributed by atoms with Crippen LogP contribution >= 0.6 is 39.1 Å². The van der Waals surface area contributed by atoms with Gasteiger partial charge in [0.1, 0.15) is 0 Å². The average molecular weight is 339 g/mol. The molecule has 0 aliphatic carbocycles. The van der Waals surface area contributed by atoms with Crippen LogP contribution in [0.2, 0.25) is 0 Å². The summed E-state index contributed by atoms with van der Waals surface area (Å²) in [5.74, 6) is 0.793. The van der Waals surface area contributed by atoms with E-state index in [0.717, 1.165) is 10.0 Å². The highest BCUT2D eigenvalue weighted by atomic mass is 79.9. The van der Waals surface area contributed by atoms with Gasteiger partial charge in [0.25, 0.3) is 5.91 Å². The third-order valence-corrected chi connectivity index (χ3v) is 3.08. The zero-order chi connectivity index (χ0) is 12.8. The van der Waals surface area contributed by atoms with Gasteiger partial charge in [-0.05, 0) is 30.7 Å². The normalized spacial score (nSPS) is 10.4. The van der Waals surface area contributed by atoms with Crippen LogP contribution in [0.15, 0.2) is 22.7 Å². The van der Waals surface area contributed by atoms with E-state index in [4.69, 9.17) is 23.2 Å². The third-order valence-electron chi connectivity index (χ3n) is 2.29. The maximum Gasteiger partial charge on any atom is 0.253 e. The summed E-state index contributed by atoms with van der Waals surface area (Å²) in [5, 5.41) is 0.